The van der Waals surface area contributed by atoms with Gasteiger partial charge < -0.3 is 5.32 Å². The molecule has 3 rings (SSSR count). The van der Waals surface area contributed by atoms with E-state index in [1.165, 1.54) is 57.8 Å². The highest BCUT2D eigenvalue weighted by atomic mass is 35.5. The Morgan fingerprint density at radius 2 is 1.16 bits per heavy atom. The van der Waals surface area contributed by atoms with E-state index in [1.54, 1.807) is 0 Å². The second-order valence-corrected chi connectivity index (χ2v) is 8.71. The molecule has 0 amide bonds. The van der Waals surface area contributed by atoms with E-state index >= 15 is 0 Å². The Morgan fingerprint density at radius 1 is 0.625 bits per heavy atom. The van der Waals surface area contributed by atoms with Crippen LogP contribution in [0.15, 0.2) is 66.8 Å². The van der Waals surface area contributed by atoms with E-state index in [0.717, 1.165) is 18.4 Å². The number of rotatable bonds is 3. The highest BCUT2D eigenvalue weighted by molar-refractivity contribution is 6.28. The minimum atomic E-state index is 0.216. The van der Waals surface area contributed by atoms with Crippen LogP contribution in [-0.2, 0) is 0 Å². The van der Waals surface area contributed by atoms with Crippen LogP contribution in [0.4, 0.5) is 5.95 Å². The van der Waals surface area contributed by atoms with Crippen molar-refractivity contribution in [1.82, 2.24) is 15.0 Å². The van der Waals surface area contributed by atoms with Crippen molar-refractivity contribution in [3.05, 3.63) is 77.9 Å². The predicted octanol–water partition coefficient (Wildman–Crippen LogP) is 7.79. The van der Waals surface area contributed by atoms with Gasteiger partial charge in [-0.2, -0.15) is 15.0 Å². The van der Waals surface area contributed by atoms with E-state index in [9.17, 15) is 0 Å². The molecule has 4 nitrogen and oxygen atoms in total. The third-order valence-electron chi connectivity index (χ3n) is 5.75. The van der Waals surface area contributed by atoms with Crippen LogP contribution in [0.5, 0.6) is 0 Å². The minimum Gasteiger partial charge on any atom is -0.351 e. The zero-order valence-electron chi connectivity index (χ0n) is 18.9. The van der Waals surface area contributed by atoms with Gasteiger partial charge in [0.05, 0.1) is 0 Å². The van der Waals surface area contributed by atoms with Crippen molar-refractivity contribution in [2.75, 3.05) is 5.32 Å². The molecule has 0 atom stereocenters. The molecule has 0 radical (unpaired) electrons. The van der Waals surface area contributed by atoms with Crippen LogP contribution in [0.2, 0.25) is 5.28 Å². The van der Waals surface area contributed by atoms with Gasteiger partial charge in [0.25, 0.3) is 0 Å². The molecule has 32 heavy (non-hydrogen) atoms. The maximum Gasteiger partial charge on any atom is 0.227 e. The average Bonchev–Trinajstić information content (AvgIpc) is 2.76. The molecule has 0 spiro atoms. The molecule has 0 unspecified atom stereocenters. The molecule has 2 aliphatic rings. The lowest BCUT2D eigenvalue weighted by Crippen LogP contribution is -2.22. The molecule has 1 aromatic rings. The van der Waals surface area contributed by atoms with Gasteiger partial charge in [0, 0.05) is 11.6 Å². The smallest absolute Gasteiger partial charge is 0.227 e. The van der Waals surface area contributed by atoms with Crippen LogP contribution in [0.25, 0.3) is 5.57 Å². The zero-order valence-corrected chi connectivity index (χ0v) is 19.7. The SMILES string of the molecule is Clc1nc(NC2CCCCCCCCCCC2)nc(C2=C/C=C\C=C/C=C\C=C/C=C\2)n1. The number of hydrogen-bond donors (Lipinski definition) is 1. The summed E-state index contributed by atoms with van der Waals surface area (Å²) < 4.78 is 0. The maximum atomic E-state index is 6.31. The number of nitrogens with zero attached hydrogens (tertiary/aromatic N) is 3. The summed E-state index contributed by atoms with van der Waals surface area (Å²) in [6, 6.07) is 0.376. The zero-order chi connectivity index (χ0) is 22.3. The van der Waals surface area contributed by atoms with Crippen molar-refractivity contribution in [1.29, 1.82) is 0 Å². The summed E-state index contributed by atoms with van der Waals surface area (Å²) in [5, 5.41) is 3.79. The molecule has 2 aliphatic carbocycles. The second-order valence-electron chi connectivity index (χ2n) is 8.37. The van der Waals surface area contributed by atoms with Crippen LogP contribution >= 0.6 is 11.6 Å². The first kappa shape index (κ1) is 24.2. The first-order valence-electron chi connectivity index (χ1n) is 12.0. The molecule has 1 fully saturated rings. The molecule has 0 aromatic carbocycles. The average molecular weight is 451 g/mol. The van der Waals surface area contributed by atoms with Crippen LogP contribution < -0.4 is 5.32 Å². The fourth-order valence-corrected chi connectivity index (χ4v) is 4.17. The highest BCUT2D eigenvalue weighted by Gasteiger charge is 2.14. The van der Waals surface area contributed by atoms with Crippen LogP contribution in [-0.4, -0.2) is 21.0 Å². The van der Waals surface area contributed by atoms with E-state index in [-0.39, 0.29) is 5.28 Å². The first-order valence-corrected chi connectivity index (χ1v) is 12.4. The van der Waals surface area contributed by atoms with E-state index < -0.39 is 0 Å². The van der Waals surface area contributed by atoms with Crippen LogP contribution in [0.1, 0.15) is 76.5 Å². The first-order chi connectivity index (χ1) is 15.8. The molecular weight excluding hydrogens is 416 g/mol. The van der Waals surface area contributed by atoms with Gasteiger partial charge >= 0.3 is 0 Å². The van der Waals surface area contributed by atoms with Crippen molar-refractivity contribution in [2.45, 2.75) is 76.7 Å². The standard InChI is InChI=1S/C27H35ClN4/c28-26-30-25(23-19-15-11-7-3-1-4-8-12-16-20-23)31-27(32-26)29-24-21-17-13-9-5-2-6-10-14-18-22-24/h1,3-4,7-8,11-12,15-16,19-20,24H,2,5-6,9-10,13-14,17-18,21-22H2,(H,29,30,31,32)/b3-1-,4-1?,7-3?,8-4-,11-7-,12-8?,15-11?,16-12-,19-15-,20-16?,23-19?,23-20+. The number of allylic oxidation sites excluding steroid dienone is 12. The molecule has 1 N–H and O–H groups in total. The van der Waals surface area contributed by atoms with Crippen molar-refractivity contribution in [3.8, 4) is 0 Å². The van der Waals surface area contributed by atoms with Gasteiger partial charge in [-0.05, 0) is 24.4 Å². The van der Waals surface area contributed by atoms with E-state index in [2.05, 4.69) is 15.3 Å². The van der Waals surface area contributed by atoms with Crippen molar-refractivity contribution >= 4 is 23.1 Å². The van der Waals surface area contributed by atoms with Crippen molar-refractivity contribution in [3.63, 3.8) is 0 Å². The number of halogens is 1. The lowest BCUT2D eigenvalue weighted by molar-refractivity contribution is 0.479. The van der Waals surface area contributed by atoms with Crippen LogP contribution in [0.3, 0.4) is 0 Å². The monoisotopic (exact) mass is 450 g/mol. The second kappa shape index (κ2) is 14.6. The van der Waals surface area contributed by atoms with Crippen molar-refractivity contribution in [2.24, 2.45) is 0 Å². The molecule has 170 valence electrons. The topological polar surface area (TPSA) is 50.7 Å². The Hall–Kier alpha value is -2.46. The maximum absolute atomic E-state index is 6.31. The molecule has 1 heterocycles. The normalized spacial score (nSPS) is 26.0. The summed E-state index contributed by atoms with van der Waals surface area (Å²) in [7, 11) is 0. The lowest BCUT2D eigenvalue weighted by atomic mass is 9.98. The quantitative estimate of drug-likeness (QED) is 0.510. The van der Waals surface area contributed by atoms with Gasteiger partial charge in [0.2, 0.25) is 11.2 Å². The third-order valence-corrected chi connectivity index (χ3v) is 5.91. The largest absolute Gasteiger partial charge is 0.351 e. The number of nitrogens with one attached hydrogen (secondary N) is 1. The minimum absolute atomic E-state index is 0.216. The Kier molecular flexibility index (Phi) is 11.0. The summed E-state index contributed by atoms with van der Waals surface area (Å²) in [6.45, 7) is 0. The van der Waals surface area contributed by atoms with Gasteiger partial charge in [-0.15, -0.1) is 0 Å². The van der Waals surface area contributed by atoms with Gasteiger partial charge in [0.1, 0.15) is 0 Å². The van der Waals surface area contributed by atoms with Crippen LogP contribution in [0, 0.1) is 0 Å². The summed E-state index contributed by atoms with van der Waals surface area (Å²) in [5.41, 5.74) is 0.884. The molecule has 0 bridgehead atoms. The van der Waals surface area contributed by atoms with Crippen molar-refractivity contribution < 1.29 is 0 Å². The molecule has 5 heteroatoms. The Bertz CT molecular complexity index is 868. The summed E-state index contributed by atoms with van der Waals surface area (Å²) >= 11 is 6.31. The Labute approximate surface area is 198 Å². The fourth-order valence-electron chi connectivity index (χ4n) is 4.01. The summed E-state index contributed by atoms with van der Waals surface area (Å²) in [4.78, 5) is 13.5. The summed E-state index contributed by atoms with van der Waals surface area (Å²) in [6.07, 6.45) is 36.1. The molecule has 0 aliphatic heterocycles. The Morgan fingerprint density at radius 3 is 1.78 bits per heavy atom. The van der Waals surface area contributed by atoms with Gasteiger partial charge in [-0.1, -0.05) is 125 Å². The van der Waals surface area contributed by atoms with Gasteiger partial charge in [0.15, 0.2) is 5.82 Å². The van der Waals surface area contributed by atoms with E-state index in [4.69, 9.17) is 16.6 Å². The molecule has 0 saturated heterocycles. The fraction of sp³-hybridized carbons (Fsp3) is 0.444. The highest BCUT2D eigenvalue weighted by Crippen LogP contribution is 2.21. The molecule has 1 saturated carbocycles. The van der Waals surface area contributed by atoms with E-state index in [1.807, 2.05) is 66.8 Å². The predicted molar refractivity (Wildman–Crippen MR) is 137 cm³/mol. The molecular formula is C27H35ClN4. The summed E-state index contributed by atoms with van der Waals surface area (Å²) in [5.74, 6) is 1.14. The Balaban J connectivity index is 1.75. The lowest BCUT2D eigenvalue weighted by Gasteiger charge is -2.20. The number of aromatic nitrogens is 3. The van der Waals surface area contributed by atoms with Gasteiger partial charge in [-0.25, -0.2) is 0 Å². The number of hydrogen-bond acceptors (Lipinski definition) is 4. The van der Waals surface area contributed by atoms with E-state index in [0.29, 0.717) is 17.8 Å². The van der Waals surface area contributed by atoms with Gasteiger partial charge in [-0.3, -0.25) is 0 Å². The number of anilines is 1. The molecule has 1 aromatic heterocycles. The third kappa shape index (κ3) is 9.35.